The van der Waals surface area contributed by atoms with Gasteiger partial charge in [0, 0.05) is 17.8 Å². The van der Waals surface area contributed by atoms with Crippen molar-refractivity contribution in [2.45, 2.75) is 0 Å². The maximum absolute atomic E-state index is 11.8. The van der Waals surface area contributed by atoms with E-state index in [1.165, 1.54) is 21.9 Å². The van der Waals surface area contributed by atoms with Gasteiger partial charge < -0.3 is 10.2 Å². The smallest absolute Gasteiger partial charge is 0.265 e. The molecule has 0 fully saturated rings. The molecule has 4 heteroatoms. The molecular weight excluding hydrogens is 232 g/mol. The highest BCUT2D eigenvalue weighted by Gasteiger charge is 2.07. The quantitative estimate of drug-likeness (QED) is 0.851. The van der Waals surface area contributed by atoms with Crippen molar-refractivity contribution in [1.82, 2.24) is 0 Å². The molecule has 0 aliphatic carbocycles. The molecule has 17 heavy (non-hydrogen) atoms. The van der Waals surface area contributed by atoms with E-state index in [1.807, 2.05) is 41.8 Å². The van der Waals surface area contributed by atoms with E-state index in [2.05, 4.69) is 19.4 Å². The van der Waals surface area contributed by atoms with Gasteiger partial charge in [-0.25, -0.2) is 0 Å². The molecule has 2 rings (SSSR count). The van der Waals surface area contributed by atoms with Gasteiger partial charge in [0.05, 0.1) is 19.0 Å². The molecule has 2 aromatic rings. The van der Waals surface area contributed by atoms with Crippen LogP contribution in [0.1, 0.15) is 9.67 Å². The predicted molar refractivity (Wildman–Crippen MR) is 71.2 cm³/mol. The van der Waals surface area contributed by atoms with Crippen LogP contribution in [-0.4, -0.2) is 20.0 Å². The molecule has 0 unspecified atom stereocenters. The summed E-state index contributed by atoms with van der Waals surface area (Å²) in [4.78, 5) is 13.8. The van der Waals surface area contributed by atoms with E-state index in [0.717, 1.165) is 10.6 Å². The first-order chi connectivity index (χ1) is 8.16. The Morgan fingerprint density at radius 1 is 1.18 bits per heavy atom. The first kappa shape index (κ1) is 11.8. The number of anilines is 1. The third-order valence-corrected chi connectivity index (χ3v) is 3.33. The molecule has 2 N–H and O–H groups in total. The standard InChI is InChI=1S/C13H14N2OS/c1-15(2)11-7-5-10(6-8-11)14-13(16)12-4-3-9-17-12/h3-9H,1-2H3,(H,14,16)/p+1. The van der Waals surface area contributed by atoms with Crippen LogP contribution in [0, 0.1) is 0 Å². The number of hydrogen-bond donors (Lipinski definition) is 2. The van der Waals surface area contributed by atoms with Gasteiger partial charge in [-0.15, -0.1) is 11.3 Å². The van der Waals surface area contributed by atoms with Crippen LogP contribution >= 0.6 is 11.3 Å². The second-order valence-corrected chi connectivity index (χ2v) is 4.96. The van der Waals surface area contributed by atoms with Crippen molar-refractivity contribution < 1.29 is 9.69 Å². The average Bonchev–Trinajstić information content (AvgIpc) is 2.83. The zero-order chi connectivity index (χ0) is 12.3. The Morgan fingerprint density at radius 2 is 1.88 bits per heavy atom. The van der Waals surface area contributed by atoms with E-state index in [-0.39, 0.29) is 5.91 Å². The second-order valence-electron chi connectivity index (χ2n) is 4.01. The van der Waals surface area contributed by atoms with Gasteiger partial charge in [0.2, 0.25) is 0 Å². The highest BCUT2D eigenvalue weighted by molar-refractivity contribution is 7.12. The van der Waals surface area contributed by atoms with Crippen molar-refractivity contribution in [2.24, 2.45) is 0 Å². The number of rotatable bonds is 3. The lowest BCUT2D eigenvalue weighted by molar-refractivity contribution is -0.786. The SMILES string of the molecule is C[NH+](C)c1ccc(NC(=O)c2cccs2)cc1. The fourth-order valence-electron chi connectivity index (χ4n) is 1.49. The van der Waals surface area contributed by atoms with Gasteiger partial charge in [0.25, 0.3) is 5.91 Å². The molecule has 0 saturated carbocycles. The van der Waals surface area contributed by atoms with E-state index in [9.17, 15) is 4.79 Å². The molecule has 1 aromatic heterocycles. The minimum atomic E-state index is -0.0510. The first-order valence-electron chi connectivity index (χ1n) is 5.42. The van der Waals surface area contributed by atoms with Gasteiger partial charge >= 0.3 is 0 Å². The summed E-state index contributed by atoms with van der Waals surface area (Å²) in [5.41, 5.74) is 2.02. The normalized spacial score (nSPS) is 10.5. The Hall–Kier alpha value is -1.65. The number of amides is 1. The number of hydrogen-bond acceptors (Lipinski definition) is 2. The number of thiophene rings is 1. The van der Waals surface area contributed by atoms with E-state index >= 15 is 0 Å². The highest BCUT2D eigenvalue weighted by Crippen LogP contribution is 2.14. The van der Waals surface area contributed by atoms with Crippen LogP contribution in [-0.2, 0) is 0 Å². The van der Waals surface area contributed by atoms with Crippen LogP contribution < -0.4 is 10.2 Å². The van der Waals surface area contributed by atoms with Gasteiger partial charge in [-0.2, -0.15) is 0 Å². The summed E-state index contributed by atoms with van der Waals surface area (Å²) in [5, 5.41) is 4.77. The highest BCUT2D eigenvalue weighted by atomic mass is 32.1. The van der Waals surface area contributed by atoms with Crippen molar-refractivity contribution in [3.63, 3.8) is 0 Å². The van der Waals surface area contributed by atoms with Crippen LogP contribution in [0.15, 0.2) is 41.8 Å². The summed E-state index contributed by atoms with van der Waals surface area (Å²) in [5.74, 6) is -0.0510. The maximum atomic E-state index is 11.8. The van der Waals surface area contributed by atoms with Gasteiger partial charge in [-0.1, -0.05) is 6.07 Å². The fraction of sp³-hybridized carbons (Fsp3) is 0.154. The Balaban J connectivity index is 2.07. The minimum absolute atomic E-state index is 0.0510. The maximum Gasteiger partial charge on any atom is 0.265 e. The third kappa shape index (κ3) is 2.93. The van der Waals surface area contributed by atoms with Gasteiger partial charge in [-0.05, 0) is 23.6 Å². The third-order valence-electron chi connectivity index (χ3n) is 2.47. The Labute approximate surface area is 105 Å². The molecule has 0 saturated heterocycles. The molecule has 1 aromatic carbocycles. The Morgan fingerprint density at radius 3 is 2.41 bits per heavy atom. The topological polar surface area (TPSA) is 33.5 Å². The van der Waals surface area contributed by atoms with Crippen molar-refractivity contribution in [3.8, 4) is 0 Å². The first-order valence-corrected chi connectivity index (χ1v) is 6.30. The van der Waals surface area contributed by atoms with Crippen molar-refractivity contribution in [2.75, 3.05) is 19.4 Å². The number of nitrogens with one attached hydrogen (secondary N) is 2. The molecule has 0 spiro atoms. The van der Waals surface area contributed by atoms with Crippen LogP contribution in [0.2, 0.25) is 0 Å². The summed E-state index contributed by atoms with van der Waals surface area (Å²) in [6.45, 7) is 0. The molecule has 0 radical (unpaired) electrons. The zero-order valence-electron chi connectivity index (χ0n) is 9.86. The number of carbonyl (C=O) groups is 1. The summed E-state index contributed by atoms with van der Waals surface area (Å²) >= 11 is 1.44. The van der Waals surface area contributed by atoms with Crippen molar-refractivity contribution >= 4 is 28.6 Å². The van der Waals surface area contributed by atoms with E-state index in [4.69, 9.17) is 0 Å². The molecule has 0 aliphatic rings. The molecule has 88 valence electrons. The van der Waals surface area contributed by atoms with Crippen LogP contribution in [0.4, 0.5) is 11.4 Å². The lowest BCUT2D eigenvalue weighted by Gasteiger charge is -2.08. The van der Waals surface area contributed by atoms with Crippen molar-refractivity contribution in [1.29, 1.82) is 0 Å². The van der Waals surface area contributed by atoms with Crippen LogP contribution in [0.25, 0.3) is 0 Å². The van der Waals surface area contributed by atoms with Gasteiger partial charge in [-0.3, -0.25) is 4.79 Å². The average molecular weight is 247 g/mol. The monoisotopic (exact) mass is 247 g/mol. The molecule has 0 atom stereocenters. The molecule has 3 nitrogen and oxygen atoms in total. The van der Waals surface area contributed by atoms with Gasteiger partial charge in [0.15, 0.2) is 0 Å². The van der Waals surface area contributed by atoms with Crippen LogP contribution in [0.5, 0.6) is 0 Å². The molecule has 0 aliphatic heterocycles. The molecule has 0 bridgehead atoms. The van der Waals surface area contributed by atoms with Crippen LogP contribution in [0.3, 0.4) is 0 Å². The minimum Gasteiger partial charge on any atom is -0.321 e. The van der Waals surface area contributed by atoms with E-state index in [1.54, 1.807) is 0 Å². The number of benzene rings is 1. The fourth-order valence-corrected chi connectivity index (χ4v) is 2.11. The summed E-state index contributed by atoms with van der Waals surface area (Å²) < 4.78 is 0. The molecular formula is C13H15N2OS+. The second kappa shape index (κ2) is 5.12. The van der Waals surface area contributed by atoms with E-state index in [0.29, 0.717) is 0 Å². The summed E-state index contributed by atoms with van der Waals surface area (Å²) in [7, 11) is 4.14. The Kier molecular flexibility index (Phi) is 3.56. The lowest BCUT2D eigenvalue weighted by Crippen LogP contribution is -3.00. The number of quaternary nitrogens is 1. The number of carbonyl (C=O) groups excluding carboxylic acids is 1. The summed E-state index contributed by atoms with van der Waals surface area (Å²) in [6, 6.07) is 11.6. The Bertz CT molecular complexity index is 489. The lowest BCUT2D eigenvalue weighted by atomic mass is 10.2. The van der Waals surface area contributed by atoms with Gasteiger partial charge in [0.1, 0.15) is 5.69 Å². The van der Waals surface area contributed by atoms with Crippen molar-refractivity contribution in [3.05, 3.63) is 46.7 Å². The molecule has 1 amide bonds. The largest absolute Gasteiger partial charge is 0.321 e. The molecule has 1 heterocycles. The zero-order valence-corrected chi connectivity index (χ0v) is 10.7. The predicted octanol–water partition coefficient (Wildman–Crippen LogP) is 1.78. The summed E-state index contributed by atoms with van der Waals surface area (Å²) in [6.07, 6.45) is 0. The van der Waals surface area contributed by atoms with E-state index < -0.39 is 0 Å².